The minimum Gasteiger partial charge on any atom is -0.292 e. The Morgan fingerprint density at radius 2 is 1.93 bits per heavy atom. The first kappa shape index (κ1) is 11.7. The summed E-state index contributed by atoms with van der Waals surface area (Å²) in [5.41, 5.74) is 3.68. The molecule has 0 unspecified atom stereocenters. The maximum absolute atomic E-state index is 3.98. The first-order valence-electron chi connectivity index (χ1n) is 5.17. The fraction of sp³-hybridized carbons (Fsp3) is 0.286. The summed E-state index contributed by atoms with van der Waals surface area (Å²) in [5.74, 6) is 0. The van der Waals surface area contributed by atoms with E-state index < -0.39 is 0 Å². The molecule has 0 bridgehead atoms. The van der Waals surface area contributed by atoms with Crippen molar-refractivity contribution in [2.75, 3.05) is 20.6 Å². The quantitative estimate of drug-likeness (QED) is 0.518. The van der Waals surface area contributed by atoms with E-state index in [1.54, 1.807) is 0 Å². The van der Waals surface area contributed by atoms with Gasteiger partial charge >= 0.3 is 0 Å². The monoisotopic (exact) mass is 202 g/mol. The lowest BCUT2D eigenvalue weighted by Gasteiger charge is -2.30. The molecular formula is C14H20N+. The Balaban J connectivity index is 3.13. The molecule has 1 rings (SSSR count). The number of quaternary nitrogens is 1. The maximum atomic E-state index is 3.98. The lowest BCUT2D eigenvalue weighted by molar-refractivity contribution is 0.431. The van der Waals surface area contributed by atoms with Crippen LogP contribution < -0.4 is 4.48 Å². The van der Waals surface area contributed by atoms with E-state index in [4.69, 9.17) is 0 Å². The van der Waals surface area contributed by atoms with Gasteiger partial charge in [0, 0.05) is 5.56 Å². The molecule has 0 aliphatic heterocycles. The topological polar surface area (TPSA) is 0 Å². The van der Waals surface area contributed by atoms with E-state index in [1.165, 1.54) is 16.8 Å². The molecule has 15 heavy (non-hydrogen) atoms. The number of benzene rings is 1. The average molecular weight is 202 g/mol. The first-order valence-corrected chi connectivity index (χ1v) is 5.17. The van der Waals surface area contributed by atoms with Gasteiger partial charge in [0.15, 0.2) is 0 Å². The number of rotatable bonds is 4. The molecule has 0 atom stereocenters. The fourth-order valence-corrected chi connectivity index (χ4v) is 1.97. The molecule has 0 N–H and O–H groups in total. The number of hydrogen-bond acceptors (Lipinski definition) is 0. The van der Waals surface area contributed by atoms with Gasteiger partial charge in [0.1, 0.15) is 12.2 Å². The molecular weight excluding hydrogens is 182 g/mol. The van der Waals surface area contributed by atoms with Crippen LogP contribution in [0.25, 0.3) is 6.08 Å². The second-order valence-electron chi connectivity index (χ2n) is 4.56. The minimum atomic E-state index is 0.817. The van der Waals surface area contributed by atoms with Crippen molar-refractivity contribution in [3.63, 3.8) is 0 Å². The minimum absolute atomic E-state index is 0.817. The molecule has 0 aliphatic carbocycles. The summed E-state index contributed by atoms with van der Waals surface area (Å²) < 4.78 is 0.817. The molecule has 0 saturated carbocycles. The molecule has 0 saturated heterocycles. The van der Waals surface area contributed by atoms with Crippen LogP contribution in [0.15, 0.2) is 43.0 Å². The Kier molecular flexibility index (Phi) is 3.48. The van der Waals surface area contributed by atoms with Gasteiger partial charge in [-0.3, -0.25) is 4.48 Å². The average Bonchev–Trinajstić information content (AvgIpc) is 2.16. The summed E-state index contributed by atoms with van der Waals surface area (Å²) in [6, 6.07) is 8.36. The molecule has 0 heterocycles. The SMILES string of the molecule is C=Cc1ccccc1[N+](C)(C)CC(=C)C. The molecule has 80 valence electrons. The second-order valence-corrected chi connectivity index (χ2v) is 4.56. The van der Waals surface area contributed by atoms with Crippen molar-refractivity contribution in [1.82, 2.24) is 4.48 Å². The van der Waals surface area contributed by atoms with Gasteiger partial charge in [0.2, 0.25) is 0 Å². The number of hydrogen-bond donors (Lipinski definition) is 0. The third-order valence-electron chi connectivity index (χ3n) is 2.47. The fourth-order valence-electron chi connectivity index (χ4n) is 1.97. The lowest BCUT2D eigenvalue weighted by Crippen LogP contribution is -2.42. The summed E-state index contributed by atoms with van der Waals surface area (Å²) in [4.78, 5) is 0. The van der Waals surface area contributed by atoms with E-state index >= 15 is 0 Å². The van der Waals surface area contributed by atoms with Gasteiger partial charge in [0.05, 0.1) is 14.1 Å². The van der Waals surface area contributed by atoms with Gasteiger partial charge in [-0.25, -0.2) is 0 Å². The number of nitrogens with zero attached hydrogens (tertiary/aromatic N) is 1. The molecule has 1 aromatic carbocycles. The molecule has 0 aliphatic rings. The highest BCUT2D eigenvalue weighted by molar-refractivity contribution is 5.64. The van der Waals surface area contributed by atoms with Crippen molar-refractivity contribution >= 4 is 11.8 Å². The molecule has 1 heteroatoms. The van der Waals surface area contributed by atoms with Crippen molar-refractivity contribution in [1.29, 1.82) is 0 Å². The molecule has 1 aromatic rings. The Morgan fingerprint density at radius 1 is 1.33 bits per heavy atom. The van der Waals surface area contributed by atoms with Gasteiger partial charge in [-0.1, -0.05) is 31.4 Å². The van der Waals surface area contributed by atoms with Crippen LogP contribution in [-0.4, -0.2) is 20.6 Å². The van der Waals surface area contributed by atoms with Crippen molar-refractivity contribution in [2.24, 2.45) is 0 Å². The normalized spacial score (nSPS) is 11.1. The smallest absolute Gasteiger partial charge is 0.139 e. The maximum Gasteiger partial charge on any atom is 0.139 e. The number of likely N-dealkylation sites (N-methyl/N-ethyl adjacent to an activating group) is 1. The van der Waals surface area contributed by atoms with E-state index in [1.807, 2.05) is 12.1 Å². The third-order valence-corrected chi connectivity index (χ3v) is 2.47. The molecule has 0 aromatic heterocycles. The van der Waals surface area contributed by atoms with Crippen LogP contribution in [0, 0.1) is 0 Å². The Morgan fingerprint density at radius 3 is 2.47 bits per heavy atom. The summed E-state index contributed by atoms with van der Waals surface area (Å²) in [6.07, 6.45) is 1.91. The molecule has 0 spiro atoms. The number of para-hydroxylation sites is 1. The van der Waals surface area contributed by atoms with Crippen LogP contribution in [0.4, 0.5) is 5.69 Å². The van der Waals surface area contributed by atoms with Gasteiger partial charge in [-0.2, -0.15) is 0 Å². The second kappa shape index (κ2) is 4.45. The van der Waals surface area contributed by atoms with Crippen molar-refractivity contribution < 1.29 is 0 Å². The van der Waals surface area contributed by atoms with Crippen LogP contribution in [0.2, 0.25) is 0 Å². The van der Waals surface area contributed by atoms with Crippen LogP contribution >= 0.6 is 0 Å². The standard InChI is InChI=1S/C14H20N/c1-6-13-9-7-8-10-14(13)15(4,5)11-12(2)3/h6-10H,1-2,11H2,3-5H3/q+1. The van der Waals surface area contributed by atoms with Crippen LogP contribution in [0.5, 0.6) is 0 Å². The van der Waals surface area contributed by atoms with Gasteiger partial charge in [-0.05, 0) is 24.6 Å². The molecule has 0 amide bonds. The van der Waals surface area contributed by atoms with Crippen molar-refractivity contribution in [3.8, 4) is 0 Å². The third kappa shape index (κ3) is 2.80. The lowest BCUT2D eigenvalue weighted by atomic mass is 10.1. The summed E-state index contributed by atoms with van der Waals surface area (Å²) >= 11 is 0. The van der Waals surface area contributed by atoms with E-state index in [2.05, 4.69) is 52.4 Å². The Hall–Kier alpha value is -1.34. The van der Waals surface area contributed by atoms with Gasteiger partial charge in [-0.15, -0.1) is 0 Å². The Bertz CT molecular complexity index is 375. The van der Waals surface area contributed by atoms with Crippen molar-refractivity contribution in [2.45, 2.75) is 6.92 Å². The predicted octanol–water partition coefficient (Wildman–Crippen LogP) is 3.47. The summed E-state index contributed by atoms with van der Waals surface area (Å²) in [5, 5.41) is 0. The van der Waals surface area contributed by atoms with E-state index in [-0.39, 0.29) is 0 Å². The largest absolute Gasteiger partial charge is 0.292 e. The summed E-state index contributed by atoms with van der Waals surface area (Å²) in [6.45, 7) is 10.8. The Labute approximate surface area is 92.9 Å². The highest BCUT2D eigenvalue weighted by atomic mass is 15.3. The van der Waals surface area contributed by atoms with E-state index in [9.17, 15) is 0 Å². The van der Waals surface area contributed by atoms with E-state index in [0.717, 1.165) is 11.0 Å². The summed E-state index contributed by atoms with van der Waals surface area (Å²) in [7, 11) is 4.38. The van der Waals surface area contributed by atoms with Crippen LogP contribution in [0.3, 0.4) is 0 Å². The van der Waals surface area contributed by atoms with Gasteiger partial charge < -0.3 is 0 Å². The molecule has 1 nitrogen and oxygen atoms in total. The first-order chi connectivity index (χ1) is 6.97. The molecule has 0 radical (unpaired) electrons. The van der Waals surface area contributed by atoms with Crippen LogP contribution in [-0.2, 0) is 0 Å². The van der Waals surface area contributed by atoms with Crippen molar-refractivity contribution in [3.05, 3.63) is 48.6 Å². The zero-order chi connectivity index (χ0) is 11.5. The van der Waals surface area contributed by atoms with Gasteiger partial charge in [0.25, 0.3) is 0 Å². The predicted molar refractivity (Wildman–Crippen MR) is 69.9 cm³/mol. The zero-order valence-corrected chi connectivity index (χ0v) is 9.96. The zero-order valence-electron chi connectivity index (χ0n) is 9.96. The highest BCUT2D eigenvalue weighted by Gasteiger charge is 2.20. The highest BCUT2D eigenvalue weighted by Crippen LogP contribution is 2.25. The van der Waals surface area contributed by atoms with Crippen LogP contribution in [0.1, 0.15) is 12.5 Å². The van der Waals surface area contributed by atoms with E-state index in [0.29, 0.717) is 0 Å². The molecule has 0 fully saturated rings.